The van der Waals surface area contributed by atoms with Crippen molar-refractivity contribution < 1.29 is 8.42 Å². The molecule has 0 unspecified atom stereocenters. The summed E-state index contributed by atoms with van der Waals surface area (Å²) >= 11 is 0. The summed E-state index contributed by atoms with van der Waals surface area (Å²) in [4.78, 5) is 10.8. The highest BCUT2D eigenvalue weighted by atomic mass is 32.2. The first kappa shape index (κ1) is 15.6. The molecule has 1 aliphatic rings. The number of nitrogens with two attached hydrogens (primary N) is 1. The molecule has 120 valence electrons. The van der Waals surface area contributed by atoms with E-state index in [1.165, 1.54) is 0 Å². The van der Waals surface area contributed by atoms with Crippen molar-refractivity contribution in [2.24, 2.45) is 10.7 Å². The van der Waals surface area contributed by atoms with Crippen LogP contribution >= 0.6 is 0 Å². The SMILES string of the molecule is C[C@H](N)C1=Nc2cccc(C[SH](=O)=O)c2CN1c1cccnc1. The van der Waals surface area contributed by atoms with E-state index < -0.39 is 10.7 Å². The summed E-state index contributed by atoms with van der Waals surface area (Å²) in [6.07, 6.45) is 3.46. The topological polar surface area (TPSA) is 88.6 Å². The van der Waals surface area contributed by atoms with Gasteiger partial charge >= 0.3 is 0 Å². The Labute approximate surface area is 136 Å². The normalized spacial score (nSPS) is 15.3. The maximum absolute atomic E-state index is 11.1. The summed E-state index contributed by atoms with van der Waals surface area (Å²) in [5, 5.41) is 0. The van der Waals surface area contributed by atoms with Gasteiger partial charge in [-0.05, 0) is 30.7 Å². The van der Waals surface area contributed by atoms with Gasteiger partial charge in [-0.3, -0.25) is 4.98 Å². The van der Waals surface area contributed by atoms with Crippen molar-refractivity contribution in [3.8, 4) is 0 Å². The van der Waals surface area contributed by atoms with Gasteiger partial charge in [-0.1, -0.05) is 12.1 Å². The zero-order valence-electron chi connectivity index (χ0n) is 12.7. The number of hydrogen-bond acceptors (Lipinski definition) is 6. The van der Waals surface area contributed by atoms with Crippen LogP contribution in [0, 0.1) is 0 Å². The van der Waals surface area contributed by atoms with Crippen LogP contribution in [0.15, 0.2) is 47.7 Å². The van der Waals surface area contributed by atoms with Gasteiger partial charge in [0.1, 0.15) is 16.5 Å². The highest BCUT2D eigenvalue weighted by Crippen LogP contribution is 2.32. The third kappa shape index (κ3) is 3.25. The predicted octanol–water partition coefficient (Wildman–Crippen LogP) is 1.59. The molecular weight excluding hydrogens is 312 g/mol. The minimum atomic E-state index is -2.49. The zero-order valence-corrected chi connectivity index (χ0v) is 13.6. The summed E-state index contributed by atoms with van der Waals surface area (Å²) in [5.74, 6) is 0.761. The molecule has 0 amide bonds. The van der Waals surface area contributed by atoms with E-state index in [1.54, 1.807) is 12.4 Å². The lowest BCUT2D eigenvalue weighted by molar-refractivity contribution is 0.613. The van der Waals surface area contributed by atoms with Crippen LogP contribution < -0.4 is 10.6 Å². The summed E-state index contributed by atoms with van der Waals surface area (Å²) in [6.45, 7) is 2.41. The standard InChI is InChI=1S/C16H18N4O2S/c1-11(17)16-19-15-6-2-4-12(10-23(21)22)14(15)9-20(16)13-5-3-7-18-8-13/h2-8,11,23H,9-10,17H2,1H3/t11-/m0/s1. The lowest BCUT2D eigenvalue weighted by atomic mass is 10.0. The van der Waals surface area contributed by atoms with Crippen molar-refractivity contribution in [3.63, 3.8) is 0 Å². The molecule has 1 aromatic heterocycles. The van der Waals surface area contributed by atoms with Crippen LogP contribution in [0.2, 0.25) is 0 Å². The molecule has 1 aromatic carbocycles. The minimum absolute atomic E-state index is 0.0163. The van der Waals surface area contributed by atoms with Crippen molar-refractivity contribution in [1.29, 1.82) is 0 Å². The minimum Gasteiger partial charge on any atom is -0.323 e. The lowest BCUT2D eigenvalue weighted by Crippen LogP contribution is -2.43. The summed E-state index contributed by atoms with van der Waals surface area (Å²) in [6, 6.07) is 9.09. The van der Waals surface area contributed by atoms with Crippen molar-refractivity contribution in [2.75, 3.05) is 4.90 Å². The Balaban J connectivity index is 2.10. The second-order valence-corrected chi connectivity index (χ2v) is 6.44. The fourth-order valence-electron chi connectivity index (χ4n) is 2.70. The molecule has 0 saturated heterocycles. The number of aliphatic imine (C=N–C) groups is 1. The molecule has 2 N–H and O–H groups in total. The third-order valence-corrected chi connectivity index (χ3v) is 4.34. The van der Waals surface area contributed by atoms with Gasteiger partial charge in [0.15, 0.2) is 0 Å². The third-order valence-electron chi connectivity index (χ3n) is 3.74. The monoisotopic (exact) mass is 330 g/mol. The first-order valence-electron chi connectivity index (χ1n) is 7.30. The number of benzene rings is 1. The molecule has 0 radical (unpaired) electrons. The first-order valence-corrected chi connectivity index (χ1v) is 8.67. The van der Waals surface area contributed by atoms with Gasteiger partial charge in [0, 0.05) is 11.8 Å². The van der Waals surface area contributed by atoms with Gasteiger partial charge in [0.25, 0.3) is 0 Å². The number of thiol groups is 1. The van der Waals surface area contributed by atoms with E-state index in [2.05, 4.69) is 9.98 Å². The van der Waals surface area contributed by atoms with Crippen LogP contribution in [0.5, 0.6) is 0 Å². The highest BCUT2D eigenvalue weighted by molar-refractivity contribution is 7.71. The molecule has 3 rings (SSSR count). The molecule has 6 nitrogen and oxygen atoms in total. The maximum Gasteiger partial charge on any atom is 0.144 e. The fraction of sp³-hybridized carbons (Fsp3) is 0.250. The molecule has 0 fully saturated rings. The number of fused-ring (bicyclic) bond motifs is 1. The average molecular weight is 330 g/mol. The van der Waals surface area contributed by atoms with Crippen LogP contribution in [0.3, 0.4) is 0 Å². The number of aromatic nitrogens is 1. The molecule has 7 heteroatoms. The summed E-state index contributed by atoms with van der Waals surface area (Å²) < 4.78 is 22.3. The molecule has 1 atom stereocenters. The Hall–Kier alpha value is -2.25. The van der Waals surface area contributed by atoms with Crippen LogP contribution in [0.25, 0.3) is 0 Å². The van der Waals surface area contributed by atoms with E-state index in [4.69, 9.17) is 5.73 Å². The predicted molar refractivity (Wildman–Crippen MR) is 91.6 cm³/mol. The van der Waals surface area contributed by atoms with Crippen LogP contribution in [0.1, 0.15) is 18.1 Å². The molecule has 2 heterocycles. The lowest BCUT2D eigenvalue weighted by Gasteiger charge is -2.33. The zero-order chi connectivity index (χ0) is 16.4. The molecule has 0 bridgehead atoms. The van der Waals surface area contributed by atoms with E-state index in [1.807, 2.05) is 42.2 Å². The number of anilines is 1. The molecule has 0 spiro atoms. The quantitative estimate of drug-likeness (QED) is 0.831. The smallest absolute Gasteiger partial charge is 0.144 e. The summed E-state index contributed by atoms with van der Waals surface area (Å²) in [7, 11) is -2.49. The Morgan fingerprint density at radius 2 is 2.13 bits per heavy atom. The van der Waals surface area contributed by atoms with Crippen molar-refractivity contribution in [3.05, 3.63) is 53.9 Å². The highest BCUT2D eigenvalue weighted by Gasteiger charge is 2.25. The molecule has 0 aliphatic carbocycles. The Morgan fingerprint density at radius 3 is 2.78 bits per heavy atom. The van der Waals surface area contributed by atoms with Gasteiger partial charge in [-0.2, -0.15) is 0 Å². The van der Waals surface area contributed by atoms with E-state index in [0.717, 1.165) is 28.3 Å². The number of amidine groups is 1. The van der Waals surface area contributed by atoms with Gasteiger partial charge in [0.05, 0.1) is 35.9 Å². The number of rotatable bonds is 4. The van der Waals surface area contributed by atoms with Gasteiger partial charge < -0.3 is 10.6 Å². The second kappa shape index (κ2) is 6.47. The molecular formula is C16H18N4O2S. The van der Waals surface area contributed by atoms with Crippen molar-refractivity contribution in [2.45, 2.75) is 25.3 Å². The Morgan fingerprint density at radius 1 is 1.30 bits per heavy atom. The van der Waals surface area contributed by atoms with E-state index in [-0.39, 0.29) is 11.8 Å². The molecule has 1 aliphatic heterocycles. The van der Waals surface area contributed by atoms with Crippen molar-refractivity contribution >= 4 is 27.9 Å². The van der Waals surface area contributed by atoms with E-state index in [0.29, 0.717) is 6.54 Å². The van der Waals surface area contributed by atoms with Gasteiger partial charge in [-0.25, -0.2) is 13.4 Å². The van der Waals surface area contributed by atoms with Crippen LogP contribution in [0.4, 0.5) is 11.4 Å². The summed E-state index contributed by atoms with van der Waals surface area (Å²) in [5.41, 5.74) is 9.44. The van der Waals surface area contributed by atoms with Gasteiger partial charge in [-0.15, -0.1) is 0 Å². The molecule has 2 aromatic rings. The number of nitrogens with zero attached hydrogens (tertiary/aromatic N) is 3. The average Bonchev–Trinajstić information content (AvgIpc) is 2.54. The molecule has 23 heavy (non-hydrogen) atoms. The number of hydrogen-bond donors (Lipinski definition) is 2. The number of pyridine rings is 1. The fourth-order valence-corrected chi connectivity index (χ4v) is 3.28. The van der Waals surface area contributed by atoms with Crippen LogP contribution in [-0.2, 0) is 23.0 Å². The first-order chi connectivity index (χ1) is 11.1. The second-order valence-electron chi connectivity index (χ2n) is 5.46. The Kier molecular flexibility index (Phi) is 4.40. The Bertz CT molecular complexity index is 808. The maximum atomic E-state index is 11.1. The van der Waals surface area contributed by atoms with Crippen LogP contribution in [-0.4, -0.2) is 25.3 Å². The largest absolute Gasteiger partial charge is 0.323 e. The van der Waals surface area contributed by atoms with Crippen molar-refractivity contribution in [1.82, 2.24) is 4.98 Å². The molecule has 0 saturated carbocycles. The van der Waals surface area contributed by atoms with E-state index >= 15 is 0 Å². The van der Waals surface area contributed by atoms with Gasteiger partial charge in [0.2, 0.25) is 0 Å². The van der Waals surface area contributed by atoms with E-state index in [9.17, 15) is 8.42 Å².